The highest BCUT2D eigenvalue weighted by atomic mass is 79.9. The molecule has 0 unspecified atom stereocenters. The Balaban J connectivity index is 1.36. The summed E-state index contributed by atoms with van der Waals surface area (Å²) >= 11 is 3.66. The van der Waals surface area contributed by atoms with Crippen LogP contribution in [-0.2, 0) is 19.6 Å². The quantitative estimate of drug-likeness (QED) is 0.289. The Kier molecular flexibility index (Phi) is 7.22. The largest absolute Gasteiger partial charge is 0.490 e. The summed E-state index contributed by atoms with van der Waals surface area (Å²) in [6, 6.07) is 22.3. The molecule has 5 nitrogen and oxygen atoms in total. The van der Waals surface area contributed by atoms with Crippen molar-refractivity contribution in [2.45, 2.75) is 26.5 Å². The lowest BCUT2D eigenvalue weighted by Crippen LogP contribution is -2.17. The monoisotopic (exact) mass is 479 g/mol. The lowest BCUT2D eigenvalue weighted by molar-refractivity contribution is 0.267. The van der Waals surface area contributed by atoms with Gasteiger partial charge in [0.25, 0.3) is 0 Å². The number of rotatable bonds is 10. The van der Waals surface area contributed by atoms with Gasteiger partial charge in [-0.25, -0.2) is 4.98 Å². The molecule has 1 heterocycles. The average Bonchev–Trinajstić information content (AvgIpc) is 3.20. The fourth-order valence-corrected chi connectivity index (χ4v) is 4.02. The van der Waals surface area contributed by atoms with Crippen LogP contribution in [0.4, 0.5) is 0 Å². The number of fused-ring (bicyclic) bond motifs is 1. The third kappa shape index (κ3) is 5.66. The van der Waals surface area contributed by atoms with E-state index in [1.807, 2.05) is 55.5 Å². The Hall–Kier alpha value is -2.83. The first-order chi connectivity index (χ1) is 15.2. The van der Waals surface area contributed by atoms with E-state index < -0.39 is 0 Å². The van der Waals surface area contributed by atoms with Gasteiger partial charge in [0.15, 0.2) is 11.5 Å². The van der Waals surface area contributed by atoms with Crippen LogP contribution in [0.25, 0.3) is 11.0 Å². The first-order valence-electron chi connectivity index (χ1n) is 10.5. The predicted octanol–water partition coefficient (Wildman–Crippen LogP) is 5.64. The number of halogens is 1. The van der Waals surface area contributed by atoms with E-state index in [9.17, 15) is 0 Å². The zero-order valence-electron chi connectivity index (χ0n) is 17.5. The van der Waals surface area contributed by atoms with Crippen molar-refractivity contribution in [2.75, 3.05) is 13.2 Å². The number of nitrogens with one attached hydrogen (secondary N) is 2. The smallest absolute Gasteiger partial charge is 0.175 e. The number of imidazole rings is 1. The molecule has 6 heteroatoms. The predicted molar refractivity (Wildman–Crippen MR) is 128 cm³/mol. The highest BCUT2D eigenvalue weighted by Gasteiger charge is 2.13. The molecule has 0 aliphatic carbocycles. The molecular weight excluding hydrogens is 454 g/mol. The lowest BCUT2D eigenvalue weighted by Gasteiger charge is -2.16. The van der Waals surface area contributed by atoms with Crippen LogP contribution in [0, 0.1) is 0 Å². The highest BCUT2D eigenvalue weighted by Crippen LogP contribution is 2.37. The van der Waals surface area contributed by atoms with Gasteiger partial charge < -0.3 is 19.8 Å². The summed E-state index contributed by atoms with van der Waals surface area (Å²) in [7, 11) is 0. The lowest BCUT2D eigenvalue weighted by atomic mass is 10.2. The minimum atomic E-state index is 0.495. The van der Waals surface area contributed by atoms with Crippen molar-refractivity contribution in [3.05, 3.63) is 88.2 Å². The SMILES string of the molecule is CCOc1cc(CNCCc2nc3ccccc3[nH]2)cc(Br)c1OCc1ccccc1. The zero-order chi connectivity index (χ0) is 21.5. The van der Waals surface area contributed by atoms with E-state index in [0.717, 1.165) is 63.5 Å². The van der Waals surface area contributed by atoms with Gasteiger partial charge in [0.05, 0.1) is 22.1 Å². The van der Waals surface area contributed by atoms with Crippen molar-refractivity contribution in [3.63, 3.8) is 0 Å². The molecule has 3 aromatic carbocycles. The van der Waals surface area contributed by atoms with E-state index in [4.69, 9.17) is 9.47 Å². The number of hydrogen-bond acceptors (Lipinski definition) is 4. The van der Waals surface area contributed by atoms with Gasteiger partial charge in [0, 0.05) is 19.5 Å². The molecule has 0 amide bonds. The minimum Gasteiger partial charge on any atom is -0.490 e. The van der Waals surface area contributed by atoms with Crippen LogP contribution in [0.1, 0.15) is 23.9 Å². The van der Waals surface area contributed by atoms with Crippen LogP contribution >= 0.6 is 15.9 Å². The second kappa shape index (κ2) is 10.5. The summed E-state index contributed by atoms with van der Waals surface area (Å²) in [6.07, 6.45) is 0.840. The van der Waals surface area contributed by atoms with Crippen LogP contribution < -0.4 is 14.8 Å². The van der Waals surface area contributed by atoms with Crippen molar-refractivity contribution in [2.24, 2.45) is 0 Å². The summed E-state index contributed by atoms with van der Waals surface area (Å²) < 4.78 is 12.8. The molecule has 4 aromatic rings. The number of para-hydroxylation sites is 2. The number of benzene rings is 3. The highest BCUT2D eigenvalue weighted by molar-refractivity contribution is 9.10. The fraction of sp³-hybridized carbons (Fsp3) is 0.240. The second-order valence-corrected chi connectivity index (χ2v) is 8.09. The Bertz CT molecular complexity index is 1100. The molecule has 0 saturated carbocycles. The van der Waals surface area contributed by atoms with Crippen LogP contribution in [0.5, 0.6) is 11.5 Å². The van der Waals surface area contributed by atoms with E-state index in [2.05, 4.69) is 49.4 Å². The van der Waals surface area contributed by atoms with Gasteiger partial charge in [0.2, 0.25) is 0 Å². The Morgan fingerprint density at radius 2 is 1.77 bits per heavy atom. The molecule has 31 heavy (non-hydrogen) atoms. The average molecular weight is 480 g/mol. The van der Waals surface area contributed by atoms with E-state index in [1.165, 1.54) is 0 Å². The van der Waals surface area contributed by atoms with Crippen molar-refractivity contribution in [1.82, 2.24) is 15.3 Å². The van der Waals surface area contributed by atoms with Crippen molar-refractivity contribution < 1.29 is 9.47 Å². The topological polar surface area (TPSA) is 59.2 Å². The standard InChI is InChI=1S/C25H26BrN3O2/c1-2-30-23-15-19(14-20(26)25(23)31-17-18-8-4-3-5-9-18)16-27-13-12-24-28-21-10-6-7-11-22(21)29-24/h3-11,14-15,27H,2,12-13,16-17H2,1H3,(H,28,29). The summed E-state index contributed by atoms with van der Waals surface area (Å²) in [5.74, 6) is 2.48. The van der Waals surface area contributed by atoms with Gasteiger partial charge in [-0.05, 0) is 58.2 Å². The molecule has 0 bridgehead atoms. The molecule has 1 aromatic heterocycles. The van der Waals surface area contributed by atoms with Crippen LogP contribution in [0.2, 0.25) is 0 Å². The van der Waals surface area contributed by atoms with E-state index >= 15 is 0 Å². The van der Waals surface area contributed by atoms with E-state index in [-0.39, 0.29) is 0 Å². The van der Waals surface area contributed by atoms with Crippen molar-refractivity contribution >= 4 is 27.0 Å². The van der Waals surface area contributed by atoms with Crippen molar-refractivity contribution in [1.29, 1.82) is 0 Å². The maximum Gasteiger partial charge on any atom is 0.175 e. The molecule has 0 aliphatic rings. The zero-order valence-corrected chi connectivity index (χ0v) is 19.1. The fourth-order valence-electron chi connectivity index (χ4n) is 3.42. The number of aromatic amines is 1. The molecule has 0 aliphatic heterocycles. The van der Waals surface area contributed by atoms with E-state index in [1.54, 1.807) is 0 Å². The van der Waals surface area contributed by atoms with Crippen LogP contribution in [-0.4, -0.2) is 23.1 Å². The Morgan fingerprint density at radius 1 is 0.968 bits per heavy atom. The number of ether oxygens (including phenoxy) is 2. The second-order valence-electron chi connectivity index (χ2n) is 7.24. The molecule has 4 rings (SSSR count). The summed E-state index contributed by atoms with van der Waals surface area (Å²) in [6.45, 7) is 4.62. The third-order valence-electron chi connectivity index (χ3n) is 4.90. The molecule has 160 valence electrons. The van der Waals surface area contributed by atoms with E-state index in [0.29, 0.717) is 13.2 Å². The number of hydrogen-bond donors (Lipinski definition) is 2. The number of H-pyrrole nitrogens is 1. The minimum absolute atomic E-state index is 0.495. The first-order valence-corrected chi connectivity index (χ1v) is 11.3. The summed E-state index contributed by atoms with van der Waals surface area (Å²) in [5, 5.41) is 3.49. The summed E-state index contributed by atoms with van der Waals surface area (Å²) in [5.41, 5.74) is 4.34. The molecule has 0 saturated heterocycles. The molecule has 2 N–H and O–H groups in total. The number of nitrogens with zero attached hydrogens (tertiary/aromatic N) is 1. The molecule has 0 spiro atoms. The van der Waals surface area contributed by atoms with Gasteiger partial charge in [-0.15, -0.1) is 0 Å². The number of aromatic nitrogens is 2. The van der Waals surface area contributed by atoms with Gasteiger partial charge in [-0.1, -0.05) is 42.5 Å². The van der Waals surface area contributed by atoms with Crippen molar-refractivity contribution in [3.8, 4) is 11.5 Å². The maximum atomic E-state index is 6.07. The maximum absolute atomic E-state index is 6.07. The molecule has 0 fully saturated rings. The molecular formula is C25H26BrN3O2. The Morgan fingerprint density at radius 3 is 2.58 bits per heavy atom. The summed E-state index contributed by atoms with van der Waals surface area (Å²) in [4.78, 5) is 8.00. The van der Waals surface area contributed by atoms with Gasteiger partial charge >= 0.3 is 0 Å². The van der Waals surface area contributed by atoms with Gasteiger partial charge in [-0.3, -0.25) is 0 Å². The third-order valence-corrected chi connectivity index (χ3v) is 5.49. The van der Waals surface area contributed by atoms with Gasteiger partial charge in [-0.2, -0.15) is 0 Å². The first kappa shape index (κ1) is 21.4. The normalized spacial score (nSPS) is 11.0. The Labute approximate surface area is 190 Å². The van der Waals surface area contributed by atoms with Gasteiger partial charge in [0.1, 0.15) is 12.4 Å². The molecule has 0 radical (unpaired) electrons. The van der Waals surface area contributed by atoms with Crippen LogP contribution in [0.15, 0.2) is 71.2 Å². The van der Waals surface area contributed by atoms with Crippen LogP contribution in [0.3, 0.4) is 0 Å². The molecule has 0 atom stereocenters.